The number of hydrogen-bond acceptors (Lipinski definition) is 4. The Labute approximate surface area is 110 Å². The summed E-state index contributed by atoms with van der Waals surface area (Å²) in [5, 5.41) is 2.74. The van der Waals surface area contributed by atoms with Crippen LogP contribution in [0.2, 0.25) is 0 Å². The Morgan fingerprint density at radius 3 is 2.53 bits per heavy atom. The van der Waals surface area contributed by atoms with Gasteiger partial charge in [-0.3, -0.25) is 4.79 Å². The third-order valence-electron chi connectivity index (χ3n) is 2.54. The van der Waals surface area contributed by atoms with E-state index in [2.05, 4.69) is 5.32 Å². The van der Waals surface area contributed by atoms with Gasteiger partial charge in [-0.2, -0.15) is 0 Å². The molecule has 0 heterocycles. The standard InChI is InChI=1S/C11H24N2O3.ClH/c1-4-9(2)10(12)11(14)13-5-6-16-8-7-15-3;/h9-10H,4-8,12H2,1-3H3,(H,13,14);1H. The summed E-state index contributed by atoms with van der Waals surface area (Å²) in [6.45, 7) is 6.09. The van der Waals surface area contributed by atoms with Gasteiger partial charge in [0.2, 0.25) is 5.91 Å². The van der Waals surface area contributed by atoms with E-state index >= 15 is 0 Å². The lowest BCUT2D eigenvalue weighted by molar-refractivity contribution is -0.123. The molecule has 6 heteroatoms. The van der Waals surface area contributed by atoms with Crippen LogP contribution in [0, 0.1) is 5.92 Å². The number of hydrogen-bond donors (Lipinski definition) is 2. The molecule has 2 atom stereocenters. The second-order valence-corrected chi connectivity index (χ2v) is 3.81. The zero-order chi connectivity index (χ0) is 12.4. The van der Waals surface area contributed by atoms with Crippen LogP contribution in [0.3, 0.4) is 0 Å². The van der Waals surface area contributed by atoms with Crippen molar-refractivity contribution >= 4 is 18.3 Å². The van der Waals surface area contributed by atoms with Crippen LogP contribution in [0.25, 0.3) is 0 Å². The number of nitrogens with one attached hydrogen (secondary N) is 1. The van der Waals surface area contributed by atoms with Crippen LogP contribution >= 0.6 is 12.4 Å². The van der Waals surface area contributed by atoms with Crippen LogP contribution in [0.4, 0.5) is 0 Å². The van der Waals surface area contributed by atoms with Gasteiger partial charge in [0.05, 0.1) is 25.9 Å². The molecule has 5 nitrogen and oxygen atoms in total. The molecule has 17 heavy (non-hydrogen) atoms. The van der Waals surface area contributed by atoms with Crippen molar-refractivity contribution in [1.82, 2.24) is 5.32 Å². The fourth-order valence-corrected chi connectivity index (χ4v) is 1.12. The second-order valence-electron chi connectivity index (χ2n) is 3.81. The molecule has 3 N–H and O–H groups in total. The Hall–Kier alpha value is -0.360. The Morgan fingerprint density at radius 1 is 1.35 bits per heavy atom. The minimum atomic E-state index is -0.427. The SMILES string of the molecule is CCC(C)C(N)C(=O)NCCOCCOC.Cl. The summed E-state index contributed by atoms with van der Waals surface area (Å²) in [4.78, 5) is 11.5. The first kappa shape index (κ1) is 19.0. The Balaban J connectivity index is 0. The molecule has 0 aromatic heterocycles. The van der Waals surface area contributed by atoms with Crippen molar-refractivity contribution in [2.45, 2.75) is 26.3 Å². The van der Waals surface area contributed by atoms with Gasteiger partial charge in [0, 0.05) is 13.7 Å². The van der Waals surface area contributed by atoms with Crippen LogP contribution in [0.5, 0.6) is 0 Å². The molecule has 0 saturated heterocycles. The second kappa shape index (κ2) is 12.1. The molecule has 0 spiro atoms. The predicted molar refractivity (Wildman–Crippen MR) is 70.4 cm³/mol. The van der Waals surface area contributed by atoms with Gasteiger partial charge in [-0.25, -0.2) is 0 Å². The molecule has 0 aliphatic carbocycles. The maximum Gasteiger partial charge on any atom is 0.237 e. The van der Waals surface area contributed by atoms with Crippen molar-refractivity contribution in [3.63, 3.8) is 0 Å². The van der Waals surface area contributed by atoms with E-state index in [1.807, 2.05) is 13.8 Å². The van der Waals surface area contributed by atoms with Gasteiger partial charge >= 0.3 is 0 Å². The Kier molecular flexibility index (Phi) is 13.5. The maximum absolute atomic E-state index is 11.5. The normalized spacial score (nSPS) is 13.6. The summed E-state index contributed by atoms with van der Waals surface area (Å²) < 4.78 is 10.0. The van der Waals surface area contributed by atoms with Crippen molar-refractivity contribution in [3.8, 4) is 0 Å². The molecule has 0 rings (SSSR count). The van der Waals surface area contributed by atoms with E-state index in [9.17, 15) is 4.79 Å². The first-order valence-electron chi connectivity index (χ1n) is 5.73. The summed E-state index contributed by atoms with van der Waals surface area (Å²) in [5.41, 5.74) is 5.76. The van der Waals surface area contributed by atoms with Crippen LogP contribution in [0.15, 0.2) is 0 Å². The molecule has 104 valence electrons. The van der Waals surface area contributed by atoms with Gasteiger partial charge in [0.25, 0.3) is 0 Å². The first-order chi connectivity index (χ1) is 7.63. The number of carbonyl (C=O) groups excluding carboxylic acids is 1. The Bertz CT molecular complexity index is 194. The average molecular weight is 269 g/mol. The topological polar surface area (TPSA) is 73.6 Å². The number of carbonyl (C=O) groups is 1. The molecular formula is C11H25ClN2O3. The summed E-state index contributed by atoms with van der Waals surface area (Å²) in [7, 11) is 1.62. The number of rotatable bonds is 9. The highest BCUT2D eigenvalue weighted by Crippen LogP contribution is 2.04. The fraction of sp³-hybridized carbons (Fsp3) is 0.909. The predicted octanol–water partition coefficient (Wildman–Crippen LogP) is 0.561. The summed E-state index contributed by atoms with van der Waals surface area (Å²) in [6, 6.07) is -0.427. The maximum atomic E-state index is 11.5. The van der Waals surface area contributed by atoms with Crippen molar-refractivity contribution in [1.29, 1.82) is 0 Å². The largest absolute Gasteiger partial charge is 0.382 e. The molecule has 0 fully saturated rings. The lowest BCUT2D eigenvalue weighted by Crippen LogP contribution is -2.45. The van der Waals surface area contributed by atoms with Crippen LogP contribution < -0.4 is 11.1 Å². The summed E-state index contributed by atoms with van der Waals surface area (Å²) in [5.74, 6) is 0.0964. The van der Waals surface area contributed by atoms with Gasteiger partial charge in [0.1, 0.15) is 0 Å². The minimum Gasteiger partial charge on any atom is -0.382 e. The van der Waals surface area contributed by atoms with Crippen LogP contribution in [0.1, 0.15) is 20.3 Å². The number of nitrogens with two attached hydrogens (primary N) is 1. The van der Waals surface area contributed by atoms with E-state index in [0.717, 1.165) is 6.42 Å². The zero-order valence-corrected chi connectivity index (χ0v) is 11.7. The van der Waals surface area contributed by atoms with Crippen molar-refractivity contribution < 1.29 is 14.3 Å². The van der Waals surface area contributed by atoms with E-state index in [1.165, 1.54) is 0 Å². The zero-order valence-electron chi connectivity index (χ0n) is 10.9. The number of halogens is 1. The van der Waals surface area contributed by atoms with Crippen molar-refractivity contribution in [3.05, 3.63) is 0 Å². The van der Waals surface area contributed by atoms with Crippen LogP contribution in [-0.2, 0) is 14.3 Å². The molecule has 0 saturated carbocycles. The molecule has 0 aromatic carbocycles. The molecule has 0 aromatic rings. The highest BCUT2D eigenvalue weighted by Gasteiger charge is 2.18. The smallest absolute Gasteiger partial charge is 0.237 e. The lowest BCUT2D eigenvalue weighted by Gasteiger charge is -2.17. The summed E-state index contributed by atoms with van der Waals surface area (Å²) >= 11 is 0. The van der Waals surface area contributed by atoms with E-state index in [-0.39, 0.29) is 24.2 Å². The fourth-order valence-electron chi connectivity index (χ4n) is 1.12. The molecule has 0 radical (unpaired) electrons. The van der Waals surface area contributed by atoms with E-state index in [0.29, 0.717) is 26.4 Å². The first-order valence-corrected chi connectivity index (χ1v) is 5.73. The van der Waals surface area contributed by atoms with Crippen LogP contribution in [-0.4, -0.2) is 45.4 Å². The molecular weight excluding hydrogens is 244 g/mol. The van der Waals surface area contributed by atoms with Crippen molar-refractivity contribution in [2.75, 3.05) is 33.5 Å². The van der Waals surface area contributed by atoms with Gasteiger partial charge in [-0.1, -0.05) is 20.3 Å². The molecule has 2 unspecified atom stereocenters. The van der Waals surface area contributed by atoms with Gasteiger partial charge in [-0.05, 0) is 5.92 Å². The van der Waals surface area contributed by atoms with Gasteiger partial charge in [0.15, 0.2) is 0 Å². The third-order valence-corrected chi connectivity index (χ3v) is 2.54. The number of ether oxygens (including phenoxy) is 2. The van der Waals surface area contributed by atoms with Crippen molar-refractivity contribution in [2.24, 2.45) is 11.7 Å². The Morgan fingerprint density at radius 2 is 2.00 bits per heavy atom. The quantitative estimate of drug-likeness (QED) is 0.600. The highest BCUT2D eigenvalue weighted by molar-refractivity contribution is 5.85. The van der Waals surface area contributed by atoms with E-state index in [4.69, 9.17) is 15.2 Å². The minimum absolute atomic E-state index is 0. The number of amides is 1. The summed E-state index contributed by atoms with van der Waals surface area (Å²) in [6.07, 6.45) is 0.902. The van der Waals surface area contributed by atoms with E-state index in [1.54, 1.807) is 7.11 Å². The lowest BCUT2D eigenvalue weighted by atomic mass is 9.99. The average Bonchev–Trinajstić information content (AvgIpc) is 2.31. The highest BCUT2D eigenvalue weighted by atomic mass is 35.5. The molecule has 0 aliphatic heterocycles. The van der Waals surface area contributed by atoms with E-state index < -0.39 is 6.04 Å². The molecule has 0 aliphatic rings. The molecule has 0 bridgehead atoms. The third kappa shape index (κ3) is 9.35. The van der Waals surface area contributed by atoms with Gasteiger partial charge < -0.3 is 20.5 Å². The van der Waals surface area contributed by atoms with Gasteiger partial charge in [-0.15, -0.1) is 12.4 Å². The number of methoxy groups -OCH3 is 1. The molecule has 1 amide bonds. The monoisotopic (exact) mass is 268 g/mol.